The molecule has 0 spiro atoms. The zero-order chi connectivity index (χ0) is 16.4. The molecular formula is C16H14F2N4O. The van der Waals surface area contributed by atoms with Gasteiger partial charge in [0.05, 0.1) is 17.2 Å². The van der Waals surface area contributed by atoms with Crippen molar-refractivity contribution in [1.29, 1.82) is 0 Å². The summed E-state index contributed by atoms with van der Waals surface area (Å²) in [5, 5.41) is 2.83. The van der Waals surface area contributed by atoms with Gasteiger partial charge in [0.25, 0.3) is 5.56 Å². The van der Waals surface area contributed by atoms with Gasteiger partial charge in [0.15, 0.2) is 5.82 Å². The standard InChI is InChI=1S/C16H14F2N4O/c1-2-22-14-9-19-6-5-13(14)21-15(16(22)23)20-8-10-3-4-11(17)7-12(10)18/h3-7,9H,2,8H2,1H3,(H,20,21). The Morgan fingerprint density at radius 1 is 1.26 bits per heavy atom. The largest absolute Gasteiger partial charge is 0.361 e. The fourth-order valence-corrected chi connectivity index (χ4v) is 2.36. The van der Waals surface area contributed by atoms with Gasteiger partial charge in [-0.1, -0.05) is 6.07 Å². The number of hydrogen-bond acceptors (Lipinski definition) is 4. The van der Waals surface area contributed by atoms with E-state index in [4.69, 9.17) is 0 Å². The lowest BCUT2D eigenvalue weighted by atomic mass is 10.2. The zero-order valence-electron chi connectivity index (χ0n) is 12.4. The molecule has 3 rings (SSSR count). The van der Waals surface area contributed by atoms with E-state index in [-0.39, 0.29) is 23.5 Å². The molecule has 0 aliphatic rings. The van der Waals surface area contributed by atoms with Crippen LogP contribution < -0.4 is 10.9 Å². The lowest BCUT2D eigenvalue weighted by Gasteiger charge is -2.11. The van der Waals surface area contributed by atoms with E-state index < -0.39 is 11.6 Å². The van der Waals surface area contributed by atoms with Crippen molar-refractivity contribution in [2.75, 3.05) is 5.32 Å². The highest BCUT2D eigenvalue weighted by Crippen LogP contribution is 2.13. The Labute approximate surface area is 130 Å². The molecule has 23 heavy (non-hydrogen) atoms. The lowest BCUT2D eigenvalue weighted by molar-refractivity contribution is 0.574. The molecule has 2 heterocycles. The third-order valence-electron chi connectivity index (χ3n) is 3.53. The molecule has 0 unspecified atom stereocenters. The minimum atomic E-state index is -0.668. The molecule has 0 amide bonds. The number of nitrogens with one attached hydrogen (secondary N) is 1. The van der Waals surface area contributed by atoms with Crippen LogP contribution in [-0.2, 0) is 13.1 Å². The quantitative estimate of drug-likeness (QED) is 0.804. The topological polar surface area (TPSA) is 59.8 Å². The Hall–Kier alpha value is -2.83. The summed E-state index contributed by atoms with van der Waals surface area (Å²) in [6.45, 7) is 2.34. The molecule has 118 valence electrons. The van der Waals surface area contributed by atoms with Gasteiger partial charge in [0, 0.05) is 30.9 Å². The Morgan fingerprint density at radius 2 is 2.09 bits per heavy atom. The monoisotopic (exact) mass is 316 g/mol. The summed E-state index contributed by atoms with van der Waals surface area (Å²) in [6.07, 6.45) is 3.17. The summed E-state index contributed by atoms with van der Waals surface area (Å²) >= 11 is 0. The molecular weight excluding hydrogens is 302 g/mol. The zero-order valence-corrected chi connectivity index (χ0v) is 12.4. The molecule has 1 N–H and O–H groups in total. The Kier molecular flexibility index (Phi) is 4.01. The van der Waals surface area contributed by atoms with E-state index >= 15 is 0 Å². The number of pyridine rings is 1. The van der Waals surface area contributed by atoms with Crippen molar-refractivity contribution in [3.63, 3.8) is 0 Å². The molecule has 7 heteroatoms. The second kappa shape index (κ2) is 6.12. The number of anilines is 1. The first kappa shape index (κ1) is 15.1. The smallest absolute Gasteiger partial charge is 0.293 e. The molecule has 3 aromatic rings. The summed E-state index contributed by atoms with van der Waals surface area (Å²) in [4.78, 5) is 20.7. The van der Waals surface area contributed by atoms with E-state index in [2.05, 4.69) is 15.3 Å². The summed E-state index contributed by atoms with van der Waals surface area (Å²) in [5.74, 6) is -1.19. The Bertz CT molecular complexity index is 924. The van der Waals surface area contributed by atoms with Crippen LogP contribution in [0, 0.1) is 11.6 Å². The highest BCUT2D eigenvalue weighted by atomic mass is 19.1. The molecule has 0 atom stereocenters. The van der Waals surface area contributed by atoms with Gasteiger partial charge in [-0.15, -0.1) is 0 Å². The molecule has 5 nitrogen and oxygen atoms in total. The van der Waals surface area contributed by atoms with Crippen molar-refractivity contribution in [3.05, 3.63) is 64.2 Å². The van der Waals surface area contributed by atoms with E-state index in [0.29, 0.717) is 17.6 Å². The van der Waals surface area contributed by atoms with Crippen molar-refractivity contribution < 1.29 is 8.78 Å². The van der Waals surface area contributed by atoms with Crippen LogP contribution in [0.1, 0.15) is 12.5 Å². The van der Waals surface area contributed by atoms with Gasteiger partial charge in [0.2, 0.25) is 0 Å². The molecule has 0 aliphatic carbocycles. The third-order valence-corrected chi connectivity index (χ3v) is 3.53. The molecule has 0 radical (unpaired) electrons. The maximum atomic E-state index is 13.7. The van der Waals surface area contributed by atoms with Gasteiger partial charge >= 0.3 is 0 Å². The molecule has 1 aromatic carbocycles. The lowest BCUT2D eigenvalue weighted by Crippen LogP contribution is -2.25. The van der Waals surface area contributed by atoms with Crippen molar-refractivity contribution >= 4 is 16.9 Å². The first-order valence-electron chi connectivity index (χ1n) is 7.12. The maximum absolute atomic E-state index is 13.7. The summed E-state index contributed by atoms with van der Waals surface area (Å²) in [7, 11) is 0. The number of benzene rings is 1. The summed E-state index contributed by atoms with van der Waals surface area (Å²) < 4.78 is 28.1. The number of hydrogen-bond donors (Lipinski definition) is 1. The van der Waals surface area contributed by atoms with E-state index in [1.807, 2.05) is 6.92 Å². The van der Waals surface area contributed by atoms with Crippen LogP contribution >= 0.6 is 0 Å². The number of aromatic nitrogens is 3. The SMILES string of the molecule is CCn1c(=O)c(NCc2ccc(F)cc2F)nc2ccncc21. The number of aryl methyl sites for hydroxylation is 1. The number of rotatable bonds is 4. The van der Waals surface area contributed by atoms with E-state index in [1.54, 1.807) is 23.0 Å². The maximum Gasteiger partial charge on any atom is 0.293 e. The Morgan fingerprint density at radius 3 is 2.83 bits per heavy atom. The molecule has 2 aromatic heterocycles. The third kappa shape index (κ3) is 2.90. The average Bonchev–Trinajstić information content (AvgIpc) is 2.54. The fraction of sp³-hybridized carbons (Fsp3) is 0.188. The van der Waals surface area contributed by atoms with Gasteiger partial charge in [-0.2, -0.15) is 0 Å². The normalized spacial score (nSPS) is 10.9. The van der Waals surface area contributed by atoms with Crippen LogP contribution in [0.25, 0.3) is 11.0 Å². The van der Waals surface area contributed by atoms with E-state index in [9.17, 15) is 13.6 Å². The molecule has 0 fully saturated rings. The van der Waals surface area contributed by atoms with Crippen LogP contribution in [0.5, 0.6) is 0 Å². The molecule has 0 aliphatic heterocycles. The van der Waals surface area contributed by atoms with Gasteiger partial charge < -0.3 is 9.88 Å². The van der Waals surface area contributed by atoms with Crippen molar-refractivity contribution in [2.45, 2.75) is 20.0 Å². The van der Waals surface area contributed by atoms with Gasteiger partial charge in [0.1, 0.15) is 11.6 Å². The van der Waals surface area contributed by atoms with Crippen LogP contribution in [0.15, 0.2) is 41.5 Å². The predicted molar refractivity (Wildman–Crippen MR) is 83.2 cm³/mol. The summed E-state index contributed by atoms with van der Waals surface area (Å²) in [5.41, 5.74) is 1.20. The average molecular weight is 316 g/mol. The fourth-order valence-electron chi connectivity index (χ4n) is 2.36. The minimum Gasteiger partial charge on any atom is -0.361 e. The predicted octanol–water partition coefficient (Wildman–Crippen LogP) is 2.70. The van der Waals surface area contributed by atoms with Crippen molar-refractivity contribution in [2.24, 2.45) is 0 Å². The first-order valence-corrected chi connectivity index (χ1v) is 7.12. The Balaban J connectivity index is 1.97. The molecule has 0 bridgehead atoms. The molecule has 0 saturated carbocycles. The van der Waals surface area contributed by atoms with Crippen LogP contribution in [0.2, 0.25) is 0 Å². The highest BCUT2D eigenvalue weighted by Gasteiger charge is 2.11. The molecule has 0 saturated heterocycles. The summed E-state index contributed by atoms with van der Waals surface area (Å²) in [6, 6.07) is 5.01. The number of nitrogens with zero attached hydrogens (tertiary/aromatic N) is 3. The van der Waals surface area contributed by atoms with Crippen LogP contribution in [0.3, 0.4) is 0 Å². The highest BCUT2D eigenvalue weighted by molar-refractivity contribution is 5.75. The number of fused-ring (bicyclic) bond motifs is 1. The van der Waals surface area contributed by atoms with Gasteiger partial charge in [-0.05, 0) is 19.1 Å². The van der Waals surface area contributed by atoms with Crippen molar-refractivity contribution in [1.82, 2.24) is 14.5 Å². The van der Waals surface area contributed by atoms with Gasteiger partial charge in [-0.3, -0.25) is 9.78 Å². The second-order valence-electron chi connectivity index (χ2n) is 4.96. The van der Waals surface area contributed by atoms with Gasteiger partial charge in [-0.25, -0.2) is 13.8 Å². The van der Waals surface area contributed by atoms with Crippen LogP contribution in [-0.4, -0.2) is 14.5 Å². The van der Waals surface area contributed by atoms with E-state index in [0.717, 1.165) is 6.07 Å². The van der Waals surface area contributed by atoms with Crippen molar-refractivity contribution in [3.8, 4) is 0 Å². The first-order chi connectivity index (χ1) is 11.1. The number of halogens is 2. The van der Waals surface area contributed by atoms with E-state index in [1.165, 1.54) is 12.1 Å². The minimum absolute atomic E-state index is 0.0364. The van der Waals surface area contributed by atoms with Crippen LogP contribution in [0.4, 0.5) is 14.6 Å². The second-order valence-corrected chi connectivity index (χ2v) is 4.96.